The van der Waals surface area contributed by atoms with Crippen LogP contribution in [0.25, 0.3) is 0 Å². The van der Waals surface area contributed by atoms with Crippen molar-refractivity contribution in [2.45, 2.75) is 58.4 Å². The lowest BCUT2D eigenvalue weighted by Gasteiger charge is -2.26. The van der Waals surface area contributed by atoms with Crippen LogP contribution in [0.3, 0.4) is 0 Å². The number of hydrogen-bond donors (Lipinski definition) is 1. The molecule has 2 heteroatoms. The number of hydrogen-bond acceptors (Lipinski definition) is 2. The van der Waals surface area contributed by atoms with E-state index in [4.69, 9.17) is 5.41 Å². The Labute approximate surface area is 75.6 Å². The van der Waals surface area contributed by atoms with Crippen LogP contribution in [0, 0.1) is 5.41 Å². The number of rotatable bonds is 6. The molecule has 0 amide bonds. The van der Waals surface area contributed by atoms with Crippen molar-refractivity contribution in [1.29, 1.82) is 5.41 Å². The van der Waals surface area contributed by atoms with Gasteiger partial charge in [0.05, 0.1) is 11.5 Å². The molecule has 0 fully saturated rings. The van der Waals surface area contributed by atoms with Crippen LogP contribution in [-0.4, -0.2) is 11.5 Å². The maximum absolute atomic E-state index is 6.90. The van der Waals surface area contributed by atoms with E-state index >= 15 is 0 Å². The lowest BCUT2D eigenvalue weighted by atomic mass is 9.87. The Hall–Kier alpha value is -0.620. The van der Waals surface area contributed by atoms with Crippen molar-refractivity contribution in [3.05, 3.63) is 0 Å². The Morgan fingerprint density at radius 3 is 1.92 bits per heavy atom. The van der Waals surface area contributed by atoms with Crippen molar-refractivity contribution >= 4 is 6.01 Å². The van der Waals surface area contributed by atoms with Crippen LogP contribution in [0.15, 0.2) is 4.99 Å². The van der Waals surface area contributed by atoms with Gasteiger partial charge in [-0.05, 0) is 19.3 Å². The Morgan fingerprint density at radius 2 is 1.67 bits per heavy atom. The van der Waals surface area contributed by atoms with E-state index in [1.165, 1.54) is 0 Å². The molecule has 0 aliphatic heterocycles. The summed E-state index contributed by atoms with van der Waals surface area (Å²) in [6.45, 7) is 6.48. The fourth-order valence-electron chi connectivity index (χ4n) is 1.72. The average molecular weight is 168 g/mol. The van der Waals surface area contributed by atoms with Crippen LogP contribution in [-0.2, 0) is 0 Å². The molecule has 0 aliphatic rings. The third-order valence-corrected chi connectivity index (χ3v) is 2.38. The van der Waals surface area contributed by atoms with Crippen LogP contribution < -0.4 is 0 Å². The van der Waals surface area contributed by atoms with Crippen LogP contribution in [0.4, 0.5) is 0 Å². The second-order valence-electron chi connectivity index (χ2n) is 3.30. The first-order valence-corrected chi connectivity index (χ1v) is 4.88. The highest BCUT2D eigenvalue weighted by atomic mass is 14.9. The van der Waals surface area contributed by atoms with Gasteiger partial charge in [-0.25, -0.2) is 10.4 Å². The molecule has 0 aromatic heterocycles. The highest BCUT2D eigenvalue weighted by molar-refractivity contribution is 5.37. The molecule has 0 heterocycles. The highest BCUT2D eigenvalue weighted by Gasteiger charge is 2.24. The van der Waals surface area contributed by atoms with Gasteiger partial charge >= 0.3 is 0 Å². The molecule has 0 aliphatic carbocycles. The van der Waals surface area contributed by atoms with E-state index in [2.05, 4.69) is 31.8 Å². The lowest BCUT2D eigenvalue weighted by molar-refractivity contribution is 0.351. The van der Waals surface area contributed by atoms with Gasteiger partial charge in [-0.2, -0.15) is 0 Å². The fraction of sp³-hybridized carbons (Fsp3) is 0.900. The Bertz CT molecular complexity index is 151. The van der Waals surface area contributed by atoms with Gasteiger partial charge < -0.3 is 0 Å². The third-order valence-electron chi connectivity index (χ3n) is 2.38. The van der Waals surface area contributed by atoms with Crippen molar-refractivity contribution in [1.82, 2.24) is 0 Å². The molecule has 0 spiro atoms. The largest absolute Gasteiger partial charge is 0.242 e. The van der Waals surface area contributed by atoms with E-state index in [0.29, 0.717) is 0 Å². The summed E-state index contributed by atoms with van der Waals surface area (Å²) < 4.78 is 0. The first-order chi connectivity index (χ1) is 5.74. The van der Waals surface area contributed by atoms with Crippen LogP contribution in [0.2, 0.25) is 0 Å². The molecule has 0 saturated heterocycles. The normalized spacial score (nSPS) is 10.9. The zero-order valence-electron chi connectivity index (χ0n) is 8.48. The fourth-order valence-corrected chi connectivity index (χ4v) is 1.72. The summed E-state index contributed by atoms with van der Waals surface area (Å²) in [6.07, 6.45) is 5.48. The molecule has 0 atom stereocenters. The van der Waals surface area contributed by atoms with Crippen molar-refractivity contribution in [2.75, 3.05) is 0 Å². The van der Waals surface area contributed by atoms with Crippen LogP contribution >= 0.6 is 0 Å². The van der Waals surface area contributed by atoms with E-state index < -0.39 is 0 Å². The molecule has 0 aromatic rings. The molecule has 0 aromatic carbocycles. The van der Waals surface area contributed by atoms with E-state index in [1.54, 1.807) is 0 Å². The molecule has 0 radical (unpaired) electrons. The molecule has 12 heavy (non-hydrogen) atoms. The molecule has 70 valence electrons. The summed E-state index contributed by atoms with van der Waals surface area (Å²) in [7, 11) is 0. The Kier molecular flexibility index (Phi) is 5.65. The van der Waals surface area contributed by atoms with Gasteiger partial charge in [-0.3, -0.25) is 0 Å². The van der Waals surface area contributed by atoms with Crippen molar-refractivity contribution in [2.24, 2.45) is 4.99 Å². The topological polar surface area (TPSA) is 36.2 Å². The SMILES string of the molecule is CCCC(CC)(CCC)N=C=N. The summed E-state index contributed by atoms with van der Waals surface area (Å²) in [6, 6.07) is 2.20. The Balaban J connectivity index is 4.37. The monoisotopic (exact) mass is 168 g/mol. The molecule has 1 N–H and O–H groups in total. The van der Waals surface area contributed by atoms with Crippen molar-refractivity contribution in [3.8, 4) is 0 Å². The number of nitrogens with zero attached hydrogens (tertiary/aromatic N) is 1. The smallest absolute Gasteiger partial charge is 0.0867 e. The minimum Gasteiger partial charge on any atom is -0.242 e. The molecule has 2 nitrogen and oxygen atoms in total. The standard InChI is InChI=1S/C10H20N2/c1-4-7-10(6-3,8-5-2)12-9-11/h11H,4-8H2,1-3H3. The van der Waals surface area contributed by atoms with Gasteiger partial charge in [0.1, 0.15) is 0 Å². The third kappa shape index (κ3) is 3.19. The van der Waals surface area contributed by atoms with Gasteiger partial charge in [0.2, 0.25) is 0 Å². The molecular weight excluding hydrogens is 148 g/mol. The molecule has 0 rings (SSSR count). The summed E-state index contributed by atoms with van der Waals surface area (Å²) >= 11 is 0. The summed E-state index contributed by atoms with van der Waals surface area (Å²) in [5.74, 6) is 0. The van der Waals surface area contributed by atoms with E-state index in [9.17, 15) is 0 Å². The number of aliphatic imine (C=N–C) groups is 1. The van der Waals surface area contributed by atoms with E-state index in [0.717, 1.165) is 32.1 Å². The van der Waals surface area contributed by atoms with Crippen molar-refractivity contribution < 1.29 is 0 Å². The molecule has 0 unspecified atom stereocenters. The van der Waals surface area contributed by atoms with E-state index in [1.807, 2.05) is 0 Å². The van der Waals surface area contributed by atoms with Gasteiger partial charge in [0.25, 0.3) is 0 Å². The number of nitrogens with one attached hydrogen (secondary N) is 1. The second-order valence-corrected chi connectivity index (χ2v) is 3.30. The van der Waals surface area contributed by atoms with Gasteiger partial charge in [-0.15, -0.1) is 0 Å². The quantitative estimate of drug-likeness (QED) is 0.589. The predicted molar refractivity (Wildman–Crippen MR) is 53.0 cm³/mol. The maximum atomic E-state index is 6.90. The van der Waals surface area contributed by atoms with Gasteiger partial charge in [-0.1, -0.05) is 33.6 Å². The highest BCUT2D eigenvalue weighted by Crippen LogP contribution is 2.27. The zero-order chi connectivity index (χ0) is 9.45. The summed E-state index contributed by atoms with van der Waals surface area (Å²) in [5, 5.41) is 6.90. The lowest BCUT2D eigenvalue weighted by Crippen LogP contribution is -2.24. The van der Waals surface area contributed by atoms with Gasteiger partial charge in [0, 0.05) is 0 Å². The zero-order valence-corrected chi connectivity index (χ0v) is 8.48. The summed E-state index contributed by atoms with van der Waals surface area (Å²) in [5.41, 5.74) is 0.0191. The van der Waals surface area contributed by atoms with E-state index in [-0.39, 0.29) is 5.54 Å². The second kappa shape index (κ2) is 5.96. The average Bonchev–Trinajstić information content (AvgIpc) is 2.06. The minimum atomic E-state index is 0.0191. The van der Waals surface area contributed by atoms with Crippen molar-refractivity contribution in [3.63, 3.8) is 0 Å². The van der Waals surface area contributed by atoms with Crippen LogP contribution in [0.1, 0.15) is 52.9 Å². The summed E-state index contributed by atoms with van der Waals surface area (Å²) in [4.78, 5) is 4.17. The van der Waals surface area contributed by atoms with Gasteiger partial charge in [0.15, 0.2) is 0 Å². The molecule has 0 saturated carbocycles. The molecule has 0 bridgehead atoms. The first kappa shape index (κ1) is 11.4. The predicted octanol–water partition coefficient (Wildman–Crippen LogP) is 3.49. The molecular formula is C10H20N2. The van der Waals surface area contributed by atoms with Crippen LogP contribution in [0.5, 0.6) is 0 Å². The maximum Gasteiger partial charge on any atom is 0.0867 e. The first-order valence-electron chi connectivity index (χ1n) is 4.88. The Morgan fingerprint density at radius 1 is 1.17 bits per heavy atom. The minimum absolute atomic E-state index is 0.0191.